The number of hydrogen-bond donors (Lipinski definition) is 0. The van der Waals surface area contributed by atoms with E-state index in [9.17, 15) is 0 Å². The van der Waals surface area contributed by atoms with Gasteiger partial charge in [-0.1, -0.05) is 208 Å². The first-order chi connectivity index (χ1) is 35.0. The van der Waals surface area contributed by atoms with Crippen molar-refractivity contribution in [3.63, 3.8) is 0 Å². The van der Waals surface area contributed by atoms with Gasteiger partial charge in [-0.2, -0.15) is 0 Å². The molecule has 1 nitrogen and oxygen atoms in total. The molecule has 0 aliphatic heterocycles. The molecule has 1 spiro atoms. The summed E-state index contributed by atoms with van der Waals surface area (Å²) in [6, 6.07) is 93.6. The van der Waals surface area contributed by atoms with Gasteiger partial charge in [0.05, 0.1) is 5.41 Å². The zero-order chi connectivity index (χ0) is 47.0. The monoisotopic (exact) mass is 901 g/mol. The minimum atomic E-state index is -0.490. The van der Waals surface area contributed by atoms with E-state index in [1.807, 2.05) is 0 Å². The minimum absolute atomic E-state index is 0.121. The van der Waals surface area contributed by atoms with Gasteiger partial charge in [0.1, 0.15) is 0 Å². The van der Waals surface area contributed by atoms with Gasteiger partial charge in [0, 0.05) is 22.5 Å². The Morgan fingerprint density at radius 1 is 0.239 bits per heavy atom. The third-order valence-electron chi connectivity index (χ3n) is 16.4. The van der Waals surface area contributed by atoms with Gasteiger partial charge >= 0.3 is 0 Å². The average molecular weight is 902 g/mol. The molecule has 0 bridgehead atoms. The van der Waals surface area contributed by atoms with Crippen LogP contribution in [0.2, 0.25) is 0 Å². The molecule has 71 heavy (non-hydrogen) atoms. The number of anilines is 3. The van der Waals surface area contributed by atoms with Crippen molar-refractivity contribution in [2.75, 3.05) is 4.90 Å². The molecule has 0 radical (unpaired) electrons. The molecule has 332 valence electrons. The van der Waals surface area contributed by atoms with E-state index in [0.717, 1.165) is 17.1 Å². The van der Waals surface area contributed by atoms with Crippen LogP contribution in [0.25, 0.3) is 88.0 Å². The summed E-state index contributed by atoms with van der Waals surface area (Å²) in [7, 11) is 0. The molecular formula is C70H47N. The average Bonchev–Trinajstić information content (AvgIpc) is 3.98. The summed E-state index contributed by atoms with van der Waals surface area (Å²) >= 11 is 0. The van der Waals surface area contributed by atoms with Gasteiger partial charge in [-0.25, -0.2) is 0 Å². The van der Waals surface area contributed by atoms with E-state index in [1.165, 1.54) is 121 Å². The maximum Gasteiger partial charge on any atom is 0.0725 e. The van der Waals surface area contributed by atoms with Gasteiger partial charge in [-0.05, 0) is 176 Å². The third kappa shape index (κ3) is 5.58. The summed E-state index contributed by atoms with van der Waals surface area (Å²) in [4.78, 5) is 2.44. The van der Waals surface area contributed by atoms with Crippen LogP contribution in [0.15, 0.2) is 249 Å². The number of nitrogens with zero attached hydrogens (tertiary/aromatic N) is 1. The fourth-order valence-electron chi connectivity index (χ4n) is 13.3. The highest BCUT2D eigenvalue weighted by Crippen LogP contribution is 2.64. The van der Waals surface area contributed by atoms with Crippen LogP contribution >= 0.6 is 0 Å². The van der Waals surface area contributed by atoms with Crippen LogP contribution in [0, 0.1) is 0 Å². The maximum atomic E-state index is 2.56. The fraction of sp³-hybridized carbons (Fsp3) is 0.0571. The summed E-state index contributed by atoms with van der Waals surface area (Å²) < 4.78 is 0. The molecule has 0 heterocycles. The Morgan fingerprint density at radius 3 is 1.37 bits per heavy atom. The fourth-order valence-corrected chi connectivity index (χ4v) is 13.3. The van der Waals surface area contributed by atoms with E-state index in [4.69, 9.17) is 0 Å². The predicted octanol–water partition coefficient (Wildman–Crippen LogP) is 18.6. The molecule has 15 rings (SSSR count). The Kier molecular flexibility index (Phi) is 8.40. The van der Waals surface area contributed by atoms with E-state index >= 15 is 0 Å². The second-order valence-electron chi connectivity index (χ2n) is 20.3. The first kappa shape index (κ1) is 40.1. The minimum Gasteiger partial charge on any atom is -0.310 e. The second kappa shape index (κ2) is 14.9. The normalized spacial score (nSPS) is 15.4. The van der Waals surface area contributed by atoms with Crippen LogP contribution in [-0.4, -0.2) is 0 Å². The maximum absolute atomic E-state index is 2.56. The lowest BCUT2D eigenvalue weighted by molar-refractivity contribution is 0.660. The van der Waals surface area contributed by atoms with Gasteiger partial charge in [-0.3, -0.25) is 0 Å². The standard InChI is InChI=1S/C70H47N/c1-69(2)63-28-13-10-25-55(63)58-38-36-50(41-66(58)69)71(49-20-16-19-46(39-49)44-17-4-3-5-18-44)48-34-31-45(32-35-48)47-33-37-59-56-26-11-14-29-64(56)70(67(59)40-47)65-30-15-12-27-57(65)62-42-60-53-23-8-6-21-51(53)52-22-7-9-24-54(52)61(60)43-68(62)70/h3-43H,1-2H3. The highest BCUT2D eigenvalue weighted by Gasteiger charge is 2.52. The van der Waals surface area contributed by atoms with Gasteiger partial charge in [0.2, 0.25) is 0 Å². The zero-order valence-corrected chi connectivity index (χ0v) is 39.6. The van der Waals surface area contributed by atoms with E-state index in [1.54, 1.807) is 0 Å². The third-order valence-corrected chi connectivity index (χ3v) is 16.4. The predicted molar refractivity (Wildman–Crippen MR) is 298 cm³/mol. The van der Waals surface area contributed by atoms with E-state index in [0.29, 0.717) is 0 Å². The number of hydrogen-bond acceptors (Lipinski definition) is 1. The largest absolute Gasteiger partial charge is 0.310 e. The van der Waals surface area contributed by atoms with Gasteiger partial charge in [0.25, 0.3) is 0 Å². The van der Waals surface area contributed by atoms with Crippen LogP contribution in [0.5, 0.6) is 0 Å². The van der Waals surface area contributed by atoms with Crippen molar-refractivity contribution in [3.05, 3.63) is 282 Å². The Labute approximate surface area is 414 Å². The number of rotatable bonds is 5. The zero-order valence-electron chi connectivity index (χ0n) is 39.6. The molecule has 0 aromatic heterocycles. The molecule has 0 saturated heterocycles. The molecule has 1 heteroatoms. The van der Waals surface area contributed by atoms with E-state index < -0.39 is 5.41 Å². The van der Waals surface area contributed by atoms with Crippen molar-refractivity contribution in [1.29, 1.82) is 0 Å². The molecule has 0 fully saturated rings. The van der Waals surface area contributed by atoms with Crippen molar-refractivity contribution >= 4 is 49.4 Å². The molecule has 12 aromatic carbocycles. The lowest BCUT2D eigenvalue weighted by Crippen LogP contribution is -2.25. The molecule has 3 aliphatic rings. The first-order valence-corrected chi connectivity index (χ1v) is 25.0. The molecule has 1 unspecified atom stereocenters. The van der Waals surface area contributed by atoms with E-state index in [2.05, 4.69) is 267 Å². The molecule has 0 saturated carbocycles. The Morgan fingerprint density at radius 2 is 0.676 bits per heavy atom. The second-order valence-corrected chi connectivity index (χ2v) is 20.3. The molecule has 3 aliphatic carbocycles. The quantitative estimate of drug-likeness (QED) is 0.156. The molecule has 12 aromatic rings. The summed E-state index contributed by atoms with van der Waals surface area (Å²) in [6.07, 6.45) is 0. The van der Waals surface area contributed by atoms with E-state index in [-0.39, 0.29) is 5.41 Å². The lowest BCUT2D eigenvalue weighted by atomic mass is 9.70. The SMILES string of the molecule is CC1(C)c2ccccc2-c2ccc(N(c3ccc(-c4ccc5c(c4)C4(c6ccccc6-5)c5ccccc5-c5cc6c7ccccc7c7ccccc7c6cc54)cc3)c3cccc(-c4ccccc4)c3)cc21. The number of benzene rings is 12. The summed E-state index contributed by atoms with van der Waals surface area (Å²) in [5.41, 5.74) is 23.6. The van der Waals surface area contributed by atoms with Crippen LogP contribution in [-0.2, 0) is 10.8 Å². The Balaban J connectivity index is 0.901. The van der Waals surface area contributed by atoms with Crippen molar-refractivity contribution in [2.45, 2.75) is 24.7 Å². The van der Waals surface area contributed by atoms with Crippen LogP contribution in [0.1, 0.15) is 47.2 Å². The highest BCUT2D eigenvalue weighted by atomic mass is 15.1. The molecule has 0 amide bonds. The summed E-state index contributed by atoms with van der Waals surface area (Å²) in [6.45, 7) is 4.73. The van der Waals surface area contributed by atoms with Gasteiger partial charge < -0.3 is 4.90 Å². The van der Waals surface area contributed by atoms with Gasteiger partial charge in [0.15, 0.2) is 0 Å². The van der Waals surface area contributed by atoms with Crippen LogP contribution in [0.3, 0.4) is 0 Å². The lowest BCUT2D eigenvalue weighted by Gasteiger charge is -2.31. The molecule has 1 atom stereocenters. The summed E-state index contributed by atoms with van der Waals surface area (Å²) in [5.74, 6) is 0. The highest BCUT2D eigenvalue weighted by molar-refractivity contribution is 6.26. The van der Waals surface area contributed by atoms with Crippen molar-refractivity contribution < 1.29 is 0 Å². The van der Waals surface area contributed by atoms with Crippen molar-refractivity contribution in [1.82, 2.24) is 0 Å². The molecular weight excluding hydrogens is 855 g/mol. The number of fused-ring (bicyclic) bond motifs is 19. The molecule has 0 N–H and O–H groups in total. The van der Waals surface area contributed by atoms with Crippen molar-refractivity contribution in [2.24, 2.45) is 0 Å². The van der Waals surface area contributed by atoms with Crippen LogP contribution < -0.4 is 4.90 Å². The van der Waals surface area contributed by atoms with Crippen LogP contribution in [0.4, 0.5) is 17.1 Å². The Bertz CT molecular complexity index is 4200. The Hall–Kier alpha value is -8.78. The summed E-state index contributed by atoms with van der Waals surface area (Å²) in [5, 5.41) is 7.80. The first-order valence-electron chi connectivity index (χ1n) is 25.0. The van der Waals surface area contributed by atoms with Crippen molar-refractivity contribution in [3.8, 4) is 55.6 Å². The topological polar surface area (TPSA) is 3.24 Å². The smallest absolute Gasteiger partial charge is 0.0725 e. The van der Waals surface area contributed by atoms with Gasteiger partial charge in [-0.15, -0.1) is 0 Å².